The molecule has 0 spiro atoms. The highest BCUT2D eigenvalue weighted by Gasteiger charge is 2.24. The van der Waals surface area contributed by atoms with Crippen LogP contribution in [0.4, 0.5) is 5.69 Å². The van der Waals surface area contributed by atoms with E-state index in [1.807, 2.05) is 38.1 Å². The van der Waals surface area contributed by atoms with Crippen molar-refractivity contribution in [3.05, 3.63) is 53.1 Å². The number of benzene rings is 1. The predicted molar refractivity (Wildman–Crippen MR) is 112 cm³/mol. The van der Waals surface area contributed by atoms with E-state index in [9.17, 15) is 9.59 Å². The van der Waals surface area contributed by atoms with Crippen molar-refractivity contribution in [2.45, 2.75) is 62.1 Å². The summed E-state index contributed by atoms with van der Waals surface area (Å²) in [5.74, 6) is -0.159. The minimum absolute atomic E-state index is 0.0296. The molecular formula is C22H25N3O2S. The minimum Gasteiger partial charge on any atom is -0.324 e. The maximum absolute atomic E-state index is 13.2. The molecular weight excluding hydrogens is 370 g/mol. The number of carbonyl (C=O) groups is 2. The number of aromatic nitrogens is 1. The number of hydrogen-bond acceptors (Lipinski definition) is 4. The van der Waals surface area contributed by atoms with Crippen molar-refractivity contribution in [2.75, 3.05) is 5.32 Å². The fourth-order valence-corrected chi connectivity index (χ4v) is 4.67. The van der Waals surface area contributed by atoms with E-state index in [0.717, 1.165) is 23.3 Å². The Labute approximate surface area is 169 Å². The number of pyridine rings is 1. The molecule has 2 heterocycles. The maximum Gasteiger partial charge on any atom is 0.263 e. The van der Waals surface area contributed by atoms with Crippen LogP contribution in [0.15, 0.2) is 46.4 Å². The summed E-state index contributed by atoms with van der Waals surface area (Å²) < 4.78 is 1.63. The summed E-state index contributed by atoms with van der Waals surface area (Å²) in [7, 11) is 0. The second-order valence-corrected chi connectivity index (χ2v) is 9.00. The molecule has 146 valence electrons. The van der Waals surface area contributed by atoms with E-state index in [1.165, 1.54) is 31.0 Å². The van der Waals surface area contributed by atoms with Crippen LogP contribution in [-0.2, 0) is 4.79 Å². The summed E-state index contributed by atoms with van der Waals surface area (Å²) in [6.07, 6.45) is 7.65. The molecule has 1 fully saturated rings. The summed E-state index contributed by atoms with van der Waals surface area (Å²) in [6, 6.07) is 9.70. The van der Waals surface area contributed by atoms with E-state index in [2.05, 4.69) is 5.32 Å². The van der Waals surface area contributed by atoms with Crippen molar-refractivity contribution < 1.29 is 9.59 Å². The molecule has 0 saturated heterocycles. The first-order valence-electron chi connectivity index (χ1n) is 9.91. The Balaban J connectivity index is 1.70. The standard InChI is InChI=1S/C22H25N3O2S/c1-14-10-11-25(20(12-14)23-17-6-4-3-5-7-17)22(27)16-8-9-19-18(13-16)24-21(26)15(2)28-19/h8-13,15,17H,3-7H2,1-2H3,(H,24,26)/t15-/m0/s1. The van der Waals surface area contributed by atoms with Crippen LogP contribution in [0.2, 0.25) is 0 Å². The van der Waals surface area contributed by atoms with E-state index in [-0.39, 0.29) is 23.1 Å². The van der Waals surface area contributed by atoms with E-state index < -0.39 is 0 Å². The number of thioether (sulfide) groups is 1. The topological polar surface area (TPSA) is 63.5 Å². The Hall–Kier alpha value is -2.34. The number of aryl methyl sites for hydroxylation is 1. The van der Waals surface area contributed by atoms with Gasteiger partial charge in [0.2, 0.25) is 5.91 Å². The average molecular weight is 396 g/mol. The number of carbonyl (C=O) groups excluding carboxylic acids is 2. The van der Waals surface area contributed by atoms with Crippen molar-refractivity contribution in [1.29, 1.82) is 0 Å². The van der Waals surface area contributed by atoms with Gasteiger partial charge in [-0.3, -0.25) is 19.1 Å². The molecule has 4 rings (SSSR count). The third kappa shape index (κ3) is 3.92. The highest BCUT2D eigenvalue weighted by molar-refractivity contribution is 8.00. The Kier molecular flexibility index (Phi) is 5.40. The summed E-state index contributed by atoms with van der Waals surface area (Å²) in [4.78, 5) is 31.1. The van der Waals surface area contributed by atoms with Crippen molar-refractivity contribution >= 4 is 29.3 Å². The molecule has 6 heteroatoms. The van der Waals surface area contributed by atoms with Crippen molar-refractivity contribution in [3.8, 4) is 0 Å². The van der Waals surface area contributed by atoms with Crippen molar-refractivity contribution in [2.24, 2.45) is 4.99 Å². The first-order valence-corrected chi connectivity index (χ1v) is 10.8. The molecule has 1 aromatic heterocycles. The molecule has 5 nitrogen and oxygen atoms in total. The van der Waals surface area contributed by atoms with E-state index in [1.54, 1.807) is 16.8 Å². The Morgan fingerprint density at radius 2 is 1.96 bits per heavy atom. The van der Waals surface area contributed by atoms with Crippen LogP contribution in [0.3, 0.4) is 0 Å². The van der Waals surface area contributed by atoms with Crippen LogP contribution in [0.5, 0.6) is 0 Å². The van der Waals surface area contributed by atoms with Crippen molar-refractivity contribution in [3.63, 3.8) is 0 Å². The van der Waals surface area contributed by atoms with Gasteiger partial charge in [-0.2, -0.15) is 0 Å². The first-order chi connectivity index (χ1) is 13.5. The van der Waals surface area contributed by atoms with Gasteiger partial charge >= 0.3 is 0 Å². The van der Waals surface area contributed by atoms with Crippen molar-refractivity contribution in [1.82, 2.24) is 4.57 Å². The molecule has 0 bridgehead atoms. The monoisotopic (exact) mass is 395 g/mol. The van der Waals surface area contributed by atoms with Gasteiger partial charge in [0.1, 0.15) is 5.49 Å². The third-order valence-electron chi connectivity index (χ3n) is 5.36. The fraction of sp³-hybridized carbons (Fsp3) is 0.409. The molecule has 1 aliphatic heterocycles. The maximum atomic E-state index is 13.2. The lowest BCUT2D eigenvalue weighted by molar-refractivity contribution is -0.115. The van der Waals surface area contributed by atoms with Gasteiger partial charge in [-0.15, -0.1) is 11.8 Å². The van der Waals surface area contributed by atoms with Crippen LogP contribution in [-0.4, -0.2) is 27.7 Å². The second kappa shape index (κ2) is 7.95. The quantitative estimate of drug-likeness (QED) is 0.831. The summed E-state index contributed by atoms with van der Waals surface area (Å²) >= 11 is 1.52. The molecule has 1 atom stereocenters. The number of anilines is 1. The van der Waals surface area contributed by atoms with Crippen LogP contribution in [0, 0.1) is 6.92 Å². The largest absolute Gasteiger partial charge is 0.324 e. The molecule has 1 aromatic carbocycles. The fourth-order valence-electron chi connectivity index (χ4n) is 3.74. The number of nitrogens with one attached hydrogen (secondary N) is 1. The lowest BCUT2D eigenvalue weighted by Gasteiger charge is -2.22. The average Bonchev–Trinajstić information content (AvgIpc) is 2.69. The van der Waals surface area contributed by atoms with E-state index in [4.69, 9.17) is 4.99 Å². The number of fused-ring (bicyclic) bond motifs is 1. The molecule has 1 aliphatic carbocycles. The van der Waals surface area contributed by atoms with Gasteiger partial charge in [0.05, 0.1) is 17.0 Å². The SMILES string of the molecule is Cc1ccn(C(=O)c2ccc3c(c2)NC(=O)[C@H](C)S3)c(=NC2CCCCC2)c1. The molecule has 0 unspecified atom stereocenters. The zero-order valence-corrected chi connectivity index (χ0v) is 17.1. The van der Waals surface area contributed by atoms with Gasteiger partial charge in [0.15, 0.2) is 0 Å². The summed E-state index contributed by atoms with van der Waals surface area (Å²) in [5, 5.41) is 2.78. The zero-order valence-electron chi connectivity index (χ0n) is 16.3. The van der Waals surface area contributed by atoms with Crippen LogP contribution in [0.1, 0.15) is 54.9 Å². The summed E-state index contributed by atoms with van der Waals surface area (Å²) in [6.45, 7) is 3.89. The Bertz CT molecular complexity index is 990. The normalized spacial score (nSPS) is 20.6. The van der Waals surface area contributed by atoms with E-state index in [0.29, 0.717) is 16.7 Å². The smallest absolute Gasteiger partial charge is 0.263 e. The molecule has 1 N–H and O–H groups in total. The summed E-state index contributed by atoms with van der Waals surface area (Å²) in [5.41, 5.74) is 3.05. The predicted octanol–water partition coefficient (Wildman–Crippen LogP) is 4.15. The van der Waals surface area contributed by atoms with Gasteiger partial charge < -0.3 is 5.32 Å². The van der Waals surface area contributed by atoms with Crippen LogP contribution < -0.4 is 10.8 Å². The lowest BCUT2D eigenvalue weighted by atomic mass is 9.96. The molecule has 2 aromatic rings. The highest BCUT2D eigenvalue weighted by Crippen LogP contribution is 2.36. The zero-order chi connectivity index (χ0) is 19.7. The van der Waals surface area contributed by atoms with Gasteiger partial charge in [0, 0.05) is 16.7 Å². The van der Waals surface area contributed by atoms with Crippen LogP contribution in [0.25, 0.3) is 0 Å². The lowest BCUT2D eigenvalue weighted by Crippen LogP contribution is -2.30. The molecule has 0 radical (unpaired) electrons. The number of nitrogens with zero attached hydrogens (tertiary/aromatic N) is 2. The molecule has 1 saturated carbocycles. The Morgan fingerprint density at radius 1 is 1.18 bits per heavy atom. The van der Waals surface area contributed by atoms with E-state index >= 15 is 0 Å². The second-order valence-electron chi connectivity index (χ2n) is 7.62. The third-order valence-corrected chi connectivity index (χ3v) is 6.53. The number of hydrogen-bond donors (Lipinski definition) is 1. The van der Waals surface area contributed by atoms with Crippen LogP contribution >= 0.6 is 11.8 Å². The highest BCUT2D eigenvalue weighted by atomic mass is 32.2. The first kappa shape index (κ1) is 19.0. The van der Waals surface area contributed by atoms with Gasteiger partial charge in [-0.1, -0.05) is 19.3 Å². The molecule has 1 amide bonds. The Morgan fingerprint density at radius 3 is 2.75 bits per heavy atom. The minimum atomic E-state index is -0.129. The van der Waals surface area contributed by atoms with Gasteiger partial charge in [0.25, 0.3) is 5.91 Å². The molecule has 28 heavy (non-hydrogen) atoms. The van der Waals surface area contributed by atoms with Gasteiger partial charge in [-0.05, 0) is 62.6 Å². The number of amides is 1. The number of rotatable bonds is 2. The van der Waals surface area contributed by atoms with Gasteiger partial charge in [-0.25, -0.2) is 0 Å². The molecule has 2 aliphatic rings.